The summed E-state index contributed by atoms with van der Waals surface area (Å²) in [5.74, 6) is -0.383. The molecule has 1 aliphatic heterocycles. The van der Waals surface area contributed by atoms with E-state index in [-0.39, 0.29) is 17.0 Å². The molecule has 2 aromatic carbocycles. The van der Waals surface area contributed by atoms with Crippen molar-refractivity contribution in [3.8, 4) is 0 Å². The number of rotatable bonds is 6. The summed E-state index contributed by atoms with van der Waals surface area (Å²) in [4.78, 5) is 22.3. The molecule has 1 atom stereocenters. The van der Waals surface area contributed by atoms with Crippen molar-refractivity contribution < 1.29 is 13.9 Å². The number of aromatic nitrogens is 4. The van der Waals surface area contributed by atoms with E-state index in [2.05, 4.69) is 25.7 Å². The zero-order valence-corrected chi connectivity index (χ0v) is 19.8. The van der Waals surface area contributed by atoms with Crippen LogP contribution in [0.5, 0.6) is 0 Å². The summed E-state index contributed by atoms with van der Waals surface area (Å²) < 4.78 is 21.2. The first-order valence-corrected chi connectivity index (χ1v) is 11.7. The first-order valence-electron chi connectivity index (χ1n) is 11.3. The van der Waals surface area contributed by atoms with Crippen molar-refractivity contribution in [2.24, 2.45) is 7.05 Å². The SMILES string of the molecule is Cn1ccc([C@H](NC(=O)c2ccc3cnc(NC4CCOCC4)nc3c2)c2ccc(Cl)c(F)c2)n1. The maximum atomic E-state index is 14.2. The summed E-state index contributed by atoms with van der Waals surface area (Å²) in [7, 11) is 1.78. The number of amides is 1. The minimum atomic E-state index is -0.665. The standard InChI is InChI=1S/C25H24ClFN6O2/c1-33-9-6-21(32-33)23(15-4-5-19(26)20(27)12-15)31-24(34)16-2-3-17-14-28-25(30-22(17)13-16)29-18-7-10-35-11-8-18/h2-6,9,12-14,18,23H,7-8,10-11H2,1H3,(H,31,34)(H,28,29,30)/t23-/m1/s1. The van der Waals surface area contributed by atoms with E-state index >= 15 is 0 Å². The second kappa shape index (κ2) is 9.97. The zero-order chi connectivity index (χ0) is 24.4. The summed E-state index contributed by atoms with van der Waals surface area (Å²) >= 11 is 5.86. The lowest BCUT2D eigenvalue weighted by Gasteiger charge is -2.23. The van der Waals surface area contributed by atoms with Gasteiger partial charge in [0.25, 0.3) is 5.91 Å². The van der Waals surface area contributed by atoms with E-state index in [1.54, 1.807) is 54.5 Å². The van der Waals surface area contributed by atoms with E-state index in [9.17, 15) is 9.18 Å². The quantitative estimate of drug-likeness (QED) is 0.416. The Morgan fingerprint density at radius 2 is 2.03 bits per heavy atom. The van der Waals surface area contributed by atoms with Crippen molar-refractivity contribution in [3.63, 3.8) is 0 Å². The number of anilines is 1. The molecule has 10 heteroatoms. The van der Waals surface area contributed by atoms with Gasteiger partial charge in [-0.05, 0) is 48.7 Å². The van der Waals surface area contributed by atoms with E-state index in [1.165, 1.54) is 12.1 Å². The predicted molar refractivity (Wildman–Crippen MR) is 131 cm³/mol. The molecule has 8 nitrogen and oxygen atoms in total. The van der Waals surface area contributed by atoms with Gasteiger partial charge in [-0.15, -0.1) is 0 Å². The molecule has 2 aromatic heterocycles. The number of hydrogen-bond donors (Lipinski definition) is 2. The Hall–Kier alpha value is -3.56. The third-order valence-corrected chi connectivity index (χ3v) is 6.29. The normalized spacial score (nSPS) is 15.2. The molecule has 0 unspecified atom stereocenters. The molecule has 1 saturated heterocycles. The third-order valence-electron chi connectivity index (χ3n) is 5.98. The minimum Gasteiger partial charge on any atom is -0.381 e. The Labute approximate surface area is 206 Å². The highest BCUT2D eigenvalue weighted by atomic mass is 35.5. The van der Waals surface area contributed by atoms with Crippen LogP contribution in [0.2, 0.25) is 5.02 Å². The second-order valence-corrected chi connectivity index (χ2v) is 8.90. The number of carbonyl (C=O) groups excluding carboxylic acids is 1. The van der Waals surface area contributed by atoms with Gasteiger partial charge in [0.2, 0.25) is 5.95 Å². The number of ether oxygens (including phenoxy) is 1. The van der Waals surface area contributed by atoms with E-state index in [4.69, 9.17) is 16.3 Å². The number of hydrogen-bond acceptors (Lipinski definition) is 6. The molecule has 1 fully saturated rings. The maximum Gasteiger partial charge on any atom is 0.252 e. The monoisotopic (exact) mass is 494 g/mol. The highest BCUT2D eigenvalue weighted by Crippen LogP contribution is 2.26. The number of nitrogens with one attached hydrogen (secondary N) is 2. The molecule has 35 heavy (non-hydrogen) atoms. The second-order valence-electron chi connectivity index (χ2n) is 8.49. The third kappa shape index (κ3) is 5.26. The Bertz CT molecular complexity index is 1370. The Morgan fingerprint density at radius 3 is 2.77 bits per heavy atom. The smallest absolute Gasteiger partial charge is 0.252 e. The minimum absolute atomic E-state index is 0.0132. The van der Waals surface area contributed by atoms with Gasteiger partial charge in [0.15, 0.2) is 0 Å². The van der Waals surface area contributed by atoms with Crippen LogP contribution < -0.4 is 10.6 Å². The summed E-state index contributed by atoms with van der Waals surface area (Å²) in [5, 5.41) is 11.6. The molecule has 3 heterocycles. The molecular weight excluding hydrogens is 471 g/mol. The van der Waals surface area contributed by atoms with Crippen LogP contribution in [-0.4, -0.2) is 44.9 Å². The Kier molecular flexibility index (Phi) is 6.61. The van der Waals surface area contributed by atoms with E-state index in [0.29, 0.717) is 41.5 Å². The Morgan fingerprint density at radius 1 is 1.20 bits per heavy atom. The van der Waals surface area contributed by atoms with Crippen molar-refractivity contribution in [1.82, 2.24) is 25.1 Å². The van der Waals surface area contributed by atoms with Crippen molar-refractivity contribution in [2.45, 2.75) is 24.9 Å². The molecule has 2 N–H and O–H groups in total. The summed E-state index contributed by atoms with van der Waals surface area (Å²) in [6.45, 7) is 1.43. The molecule has 5 rings (SSSR count). The van der Waals surface area contributed by atoms with Crippen LogP contribution in [0.1, 0.15) is 40.5 Å². The highest BCUT2D eigenvalue weighted by molar-refractivity contribution is 6.30. The largest absolute Gasteiger partial charge is 0.381 e. The lowest BCUT2D eigenvalue weighted by atomic mass is 10.0. The van der Waals surface area contributed by atoms with Crippen LogP contribution in [0.15, 0.2) is 54.9 Å². The van der Waals surface area contributed by atoms with Crippen molar-refractivity contribution in [3.05, 3.63) is 82.5 Å². The molecule has 0 aliphatic carbocycles. The molecule has 0 saturated carbocycles. The van der Waals surface area contributed by atoms with Gasteiger partial charge in [0.1, 0.15) is 5.82 Å². The van der Waals surface area contributed by atoms with Crippen LogP contribution in [0.25, 0.3) is 10.9 Å². The van der Waals surface area contributed by atoms with E-state index in [0.717, 1.165) is 18.2 Å². The van der Waals surface area contributed by atoms with Crippen molar-refractivity contribution in [2.75, 3.05) is 18.5 Å². The Balaban J connectivity index is 1.41. The number of carbonyl (C=O) groups is 1. The lowest BCUT2D eigenvalue weighted by molar-refractivity contribution is 0.0903. The van der Waals surface area contributed by atoms with E-state index in [1.807, 2.05) is 0 Å². The van der Waals surface area contributed by atoms with Gasteiger partial charge < -0.3 is 15.4 Å². The van der Waals surface area contributed by atoms with Gasteiger partial charge in [-0.3, -0.25) is 9.48 Å². The average molecular weight is 495 g/mol. The van der Waals surface area contributed by atoms with Gasteiger partial charge >= 0.3 is 0 Å². The molecular formula is C25H24ClFN6O2. The van der Waals surface area contributed by atoms with Crippen LogP contribution in [0, 0.1) is 5.82 Å². The molecule has 0 bridgehead atoms. The number of halogens is 2. The van der Waals surface area contributed by atoms with Gasteiger partial charge in [-0.2, -0.15) is 5.10 Å². The van der Waals surface area contributed by atoms with Crippen LogP contribution in [-0.2, 0) is 11.8 Å². The predicted octanol–water partition coefficient (Wildman–Crippen LogP) is 4.27. The van der Waals surface area contributed by atoms with Crippen LogP contribution in [0.3, 0.4) is 0 Å². The topological polar surface area (TPSA) is 94.0 Å². The molecule has 1 amide bonds. The number of fused-ring (bicyclic) bond motifs is 1. The number of benzene rings is 2. The van der Waals surface area contributed by atoms with Crippen LogP contribution >= 0.6 is 11.6 Å². The lowest BCUT2D eigenvalue weighted by Crippen LogP contribution is -2.30. The molecule has 1 aliphatic rings. The molecule has 0 spiro atoms. The highest BCUT2D eigenvalue weighted by Gasteiger charge is 2.22. The average Bonchev–Trinajstić information content (AvgIpc) is 3.30. The van der Waals surface area contributed by atoms with Crippen molar-refractivity contribution >= 4 is 34.4 Å². The summed E-state index contributed by atoms with van der Waals surface area (Å²) in [5.41, 5.74) is 2.18. The molecule has 0 radical (unpaired) electrons. The fraction of sp³-hybridized carbons (Fsp3) is 0.280. The van der Waals surface area contributed by atoms with Gasteiger partial charge in [-0.1, -0.05) is 23.7 Å². The first kappa shape index (κ1) is 23.2. The maximum absolute atomic E-state index is 14.2. The number of aryl methyl sites for hydroxylation is 1. The van der Waals surface area contributed by atoms with Crippen molar-refractivity contribution in [1.29, 1.82) is 0 Å². The summed E-state index contributed by atoms with van der Waals surface area (Å²) in [6.07, 6.45) is 5.29. The van der Waals surface area contributed by atoms with Gasteiger partial charge in [0, 0.05) is 49.6 Å². The fourth-order valence-electron chi connectivity index (χ4n) is 4.08. The first-order chi connectivity index (χ1) is 17.0. The molecule has 4 aromatic rings. The summed E-state index contributed by atoms with van der Waals surface area (Å²) in [6, 6.07) is 11.1. The van der Waals surface area contributed by atoms with Gasteiger partial charge in [0.05, 0.1) is 22.3 Å². The number of nitrogens with zero attached hydrogens (tertiary/aromatic N) is 4. The van der Waals surface area contributed by atoms with E-state index < -0.39 is 11.9 Å². The zero-order valence-electron chi connectivity index (χ0n) is 19.0. The van der Waals surface area contributed by atoms with Crippen LogP contribution in [0.4, 0.5) is 10.3 Å². The fourth-order valence-corrected chi connectivity index (χ4v) is 4.20. The molecule has 180 valence electrons. The van der Waals surface area contributed by atoms with Gasteiger partial charge in [-0.25, -0.2) is 14.4 Å².